The minimum Gasteiger partial charge on any atom is -0.495 e. The summed E-state index contributed by atoms with van der Waals surface area (Å²) in [7, 11) is -2.43. The molecule has 37 heavy (non-hydrogen) atoms. The Bertz CT molecular complexity index is 1440. The Morgan fingerprint density at radius 2 is 1.78 bits per heavy atom. The molecular formula is C25H31ClN5O4PS. The van der Waals surface area contributed by atoms with Gasteiger partial charge in [-0.1, -0.05) is 23.7 Å². The average molecular weight is 564 g/mol. The van der Waals surface area contributed by atoms with Crippen LogP contribution >= 0.6 is 18.7 Å². The molecule has 9 nitrogen and oxygen atoms in total. The molecule has 0 saturated carbocycles. The van der Waals surface area contributed by atoms with Crippen LogP contribution in [-0.4, -0.2) is 68.1 Å². The summed E-state index contributed by atoms with van der Waals surface area (Å²) in [5, 5.41) is 6.61. The number of halogens is 1. The minimum atomic E-state index is -3.54. The van der Waals surface area contributed by atoms with Gasteiger partial charge in [0.25, 0.3) is 0 Å². The lowest BCUT2D eigenvalue weighted by atomic mass is 10.3. The summed E-state index contributed by atoms with van der Waals surface area (Å²) in [6.45, 7) is 4.87. The van der Waals surface area contributed by atoms with Crippen LogP contribution < -0.4 is 20.7 Å². The molecule has 0 unspecified atom stereocenters. The van der Waals surface area contributed by atoms with Crippen molar-refractivity contribution in [1.29, 1.82) is 0 Å². The largest absolute Gasteiger partial charge is 0.495 e. The second kappa shape index (κ2) is 11.0. The first-order chi connectivity index (χ1) is 17.5. The van der Waals surface area contributed by atoms with Crippen LogP contribution in [-0.2, 0) is 14.4 Å². The summed E-state index contributed by atoms with van der Waals surface area (Å²) in [6, 6.07) is 12.1. The van der Waals surface area contributed by atoms with Gasteiger partial charge in [-0.15, -0.1) is 0 Å². The van der Waals surface area contributed by atoms with Crippen molar-refractivity contribution in [2.45, 2.75) is 24.0 Å². The van der Waals surface area contributed by atoms with E-state index in [1.807, 2.05) is 25.2 Å². The van der Waals surface area contributed by atoms with Crippen molar-refractivity contribution in [1.82, 2.24) is 14.9 Å². The van der Waals surface area contributed by atoms with E-state index in [9.17, 15) is 13.0 Å². The SMILES string of the molecule is COc1cc(P2(=O)CCN(C)CC2)ccc1Nc1ncc(Cl)c(Nc2ccccc2S(=O)(=O)C(C)C)n1. The van der Waals surface area contributed by atoms with E-state index in [4.69, 9.17) is 16.3 Å². The van der Waals surface area contributed by atoms with E-state index < -0.39 is 22.2 Å². The van der Waals surface area contributed by atoms with Gasteiger partial charge in [0.1, 0.15) is 17.9 Å². The van der Waals surface area contributed by atoms with E-state index in [0.717, 1.165) is 18.4 Å². The molecule has 1 saturated heterocycles. The molecule has 1 aliphatic rings. The highest BCUT2D eigenvalue weighted by Crippen LogP contribution is 2.47. The fourth-order valence-electron chi connectivity index (χ4n) is 4.02. The molecule has 0 amide bonds. The molecule has 0 bridgehead atoms. The number of ether oxygens (including phenoxy) is 1. The maximum Gasteiger partial charge on any atom is 0.229 e. The molecule has 0 atom stereocenters. The van der Waals surface area contributed by atoms with E-state index in [1.54, 1.807) is 45.2 Å². The highest BCUT2D eigenvalue weighted by Gasteiger charge is 2.30. The lowest BCUT2D eigenvalue weighted by molar-refractivity contribution is 0.361. The van der Waals surface area contributed by atoms with Gasteiger partial charge < -0.3 is 24.8 Å². The summed E-state index contributed by atoms with van der Waals surface area (Å²) >= 11 is 6.35. The topological polar surface area (TPSA) is 114 Å². The van der Waals surface area contributed by atoms with Gasteiger partial charge >= 0.3 is 0 Å². The molecule has 12 heteroatoms. The van der Waals surface area contributed by atoms with E-state index in [1.165, 1.54) is 6.20 Å². The van der Waals surface area contributed by atoms with Gasteiger partial charge in [0.2, 0.25) is 5.95 Å². The first-order valence-corrected chi connectivity index (χ1v) is 15.9. The van der Waals surface area contributed by atoms with E-state index in [-0.39, 0.29) is 21.7 Å². The maximum absolute atomic E-state index is 13.5. The Kier molecular flexibility index (Phi) is 8.14. The third kappa shape index (κ3) is 5.93. The Morgan fingerprint density at radius 1 is 1.08 bits per heavy atom. The number of hydrogen-bond donors (Lipinski definition) is 2. The Morgan fingerprint density at radius 3 is 2.46 bits per heavy atom. The van der Waals surface area contributed by atoms with Crippen molar-refractivity contribution in [2.24, 2.45) is 0 Å². The van der Waals surface area contributed by atoms with Gasteiger partial charge in [0.05, 0.1) is 34.8 Å². The number of para-hydroxylation sites is 1. The molecule has 2 N–H and O–H groups in total. The van der Waals surface area contributed by atoms with Crippen molar-refractivity contribution >= 4 is 57.0 Å². The van der Waals surface area contributed by atoms with Crippen molar-refractivity contribution in [2.75, 3.05) is 50.2 Å². The third-order valence-corrected chi connectivity index (χ3v) is 12.0. The molecular weight excluding hydrogens is 533 g/mol. The number of nitrogens with zero attached hydrogens (tertiary/aromatic N) is 3. The quantitative estimate of drug-likeness (QED) is 0.375. The van der Waals surface area contributed by atoms with Crippen LogP contribution in [0.2, 0.25) is 5.02 Å². The molecule has 2 heterocycles. The van der Waals surface area contributed by atoms with Crippen molar-refractivity contribution in [3.05, 3.63) is 53.7 Å². The summed E-state index contributed by atoms with van der Waals surface area (Å²) in [5.41, 5.74) is 0.968. The molecule has 0 spiro atoms. The predicted molar refractivity (Wildman–Crippen MR) is 150 cm³/mol. The number of nitrogens with one attached hydrogen (secondary N) is 2. The highest BCUT2D eigenvalue weighted by molar-refractivity contribution is 7.92. The number of anilines is 4. The number of hydrogen-bond acceptors (Lipinski definition) is 9. The van der Waals surface area contributed by atoms with Gasteiger partial charge in [-0.25, -0.2) is 13.4 Å². The lowest BCUT2D eigenvalue weighted by Gasteiger charge is -2.30. The Labute approximate surface area is 222 Å². The smallest absolute Gasteiger partial charge is 0.229 e. The van der Waals surface area contributed by atoms with E-state index in [2.05, 4.69) is 25.5 Å². The molecule has 1 fully saturated rings. The molecule has 1 aromatic heterocycles. The maximum atomic E-state index is 13.5. The standard InChI is InChI=1S/C25H31ClN5O4PS/c1-17(2)37(33,34)23-8-6-5-7-21(23)28-24-19(26)16-27-25(30-24)29-20-10-9-18(15-22(20)35-4)36(32)13-11-31(3)12-14-36/h5-10,15-17H,11-14H2,1-4H3,(H2,27,28,29,30). The monoisotopic (exact) mass is 563 g/mol. The Balaban J connectivity index is 1.61. The van der Waals surface area contributed by atoms with Gasteiger partial charge in [0.15, 0.2) is 15.7 Å². The van der Waals surface area contributed by atoms with Crippen LogP contribution in [0.1, 0.15) is 13.8 Å². The molecule has 1 aliphatic heterocycles. The molecule has 0 radical (unpaired) electrons. The van der Waals surface area contributed by atoms with Crippen LogP contribution in [0, 0.1) is 0 Å². The summed E-state index contributed by atoms with van der Waals surface area (Å²) in [4.78, 5) is 11.1. The summed E-state index contributed by atoms with van der Waals surface area (Å²) in [6.07, 6.45) is 2.71. The fraction of sp³-hybridized carbons (Fsp3) is 0.360. The van der Waals surface area contributed by atoms with Crippen LogP contribution in [0.4, 0.5) is 23.1 Å². The summed E-state index contributed by atoms with van der Waals surface area (Å²) in [5.74, 6) is 0.998. The van der Waals surface area contributed by atoms with Crippen molar-refractivity contribution in [3.8, 4) is 5.75 Å². The number of benzene rings is 2. The van der Waals surface area contributed by atoms with Crippen LogP contribution in [0.5, 0.6) is 5.75 Å². The first-order valence-electron chi connectivity index (χ1n) is 11.9. The normalized spacial score (nSPS) is 15.9. The number of rotatable bonds is 8. The van der Waals surface area contributed by atoms with Crippen molar-refractivity contribution < 1.29 is 17.7 Å². The fourth-order valence-corrected chi connectivity index (χ4v) is 8.13. The minimum absolute atomic E-state index is 0.162. The zero-order chi connectivity index (χ0) is 26.8. The van der Waals surface area contributed by atoms with Gasteiger partial charge in [-0.3, -0.25) is 0 Å². The number of sulfone groups is 1. The van der Waals surface area contributed by atoms with Crippen LogP contribution in [0.25, 0.3) is 0 Å². The zero-order valence-electron chi connectivity index (χ0n) is 21.2. The second-order valence-corrected chi connectivity index (χ2v) is 15.3. The Hall–Kier alpha value is -2.65. The first kappa shape index (κ1) is 27.4. The summed E-state index contributed by atoms with van der Waals surface area (Å²) < 4.78 is 44.8. The predicted octanol–water partition coefficient (Wildman–Crippen LogP) is 4.74. The van der Waals surface area contributed by atoms with Crippen LogP contribution in [0.3, 0.4) is 0 Å². The van der Waals surface area contributed by atoms with Gasteiger partial charge in [-0.05, 0) is 51.2 Å². The number of aromatic nitrogens is 2. The molecule has 0 aliphatic carbocycles. The number of methoxy groups -OCH3 is 1. The molecule has 3 aromatic rings. The van der Waals surface area contributed by atoms with Gasteiger partial charge in [-0.2, -0.15) is 4.98 Å². The van der Waals surface area contributed by atoms with E-state index in [0.29, 0.717) is 29.4 Å². The zero-order valence-corrected chi connectivity index (χ0v) is 23.7. The van der Waals surface area contributed by atoms with Crippen LogP contribution in [0.15, 0.2) is 53.6 Å². The molecule has 4 rings (SSSR count). The molecule has 198 valence electrons. The lowest BCUT2D eigenvalue weighted by Crippen LogP contribution is -2.34. The van der Waals surface area contributed by atoms with Crippen molar-refractivity contribution in [3.63, 3.8) is 0 Å². The van der Waals surface area contributed by atoms with Gasteiger partial charge in [0, 0.05) is 30.7 Å². The second-order valence-electron chi connectivity index (χ2n) is 9.25. The highest BCUT2D eigenvalue weighted by atomic mass is 35.5. The van der Waals surface area contributed by atoms with E-state index >= 15 is 0 Å². The molecule has 2 aromatic carbocycles. The average Bonchev–Trinajstić information content (AvgIpc) is 2.88. The third-order valence-electron chi connectivity index (χ3n) is 6.40.